The highest BCUT2D eigenvalue weighted by atomic mass is 35.5. The maximum Gasteiger partial charge on any atom is 0.258 e. The molecular weight excluding hydrogens is 423 g/mol. The Labute approximate surface area is 183 Å². The Morgan fingerprint density at radius 1 is 1.30 bits per heavy atom. The number of benzene rings is 2. The summed E-state index contributed by atoms with van der Waals surface area (Å²) >= 11 is 11.6. The summed E-state index contributed by atoms with van der Waals surface area (Å²) in [5, 5.41) is 8.48. The van der Waals surface area contributed by atoms with E-state index in [0.29, 0.717) is 34.0 Å². The quantitative estimate of drug-likeness (QED) is 0.424. The van der Waals surface area contributed by atoms with Crippen LogP contribution in [0.1, 0.15) is 24.4 Å². The molecule has 1 N–H and O–H groups in total. The summed E-state index contributed by atoms with van der Waals surface area (Å²) in [6, 6.07) is 13.1. The van der Waals surface area contributed by atoms with E-state index in [1.807, 2.05) is 30.0 Å². The third-order valence-corrected chi connectivity index (χ3v) is 5.40. The van der Waals surface area contributed by atoms with Gasteiger partial charge in [0.1, 0.15) is 5.82 Å². The van der Waals surface area contributed by atoms with Crippen LogP contribution >= 0.6 is 23.8 Å². The molecule has 0 fully saturated rings. The van der Waals surface area contributed by atoms with Gasteiger partial charge in [-0.2, -0.15) is 4.98 Å². The number of nitrogens with zero attached hydrogens (tertiary/aromatic N) is 3. The largest absolute Gasteiger partial charge is 0.351 e. The summed E-state index contributed by atoms with van der Waals surface area (Å²) in [5.74, 6) is 0.394. The van der Waals surface area contributed by atoms with E-state index < -0.39 is 6.04 Å². The van der Waals surface area contributed by atoms with E-state index in [4.69, 9.17) is 28.3 Å². The van der Waals surface area contributed by atoms with Crippen molar-refractivity contribution in [2.24, 2.45) is 0 Å². The third-order valence-electron chi connectivity index (χ3n) is 4.83. The Bertz CT molecular complexity index is 1160. The molecule has 1 aliphatic rings. The first kappa shape index (κ1) is 20.3. The molecule has 0 amide bonds. The molecule has 1 unspecified atom stereocenters. The van der Waals surface area contributed by atoms with Gasteiger partial charge in [0.05, 0.1) is 11.6 Å². The molecule has 2 aromatic carbocycles. The van der Waals surface area contributed by atoms with E-state index in [1.54, 1.807) is 24.3 Å². The molecule has 0 aliphatic carbocycles. The molecule has 0 spiro atoms. The fourth-order valence-electron chi connectivity index (χ4n) is 3.42. The van der Waals surface area contributed by atoms with Gasteiger partial charge < -0.3 is 14.7 Å². The Morgan fingerprint density at radius 3 is 2.83 bits per heavy atom. The zero-order chi connectivity index (χ0) is 21.3. The predicted molar refractivity (Wildman–Crippen MR) is 119 cm³/mol. The van der Waals surface area contributed by atoms with Gasteiger partial charge in [-0.05, 0) is 49.0 Å². The molecular formula is C22H18ClFN4OS. The molecule has 5 nitrogen and oxygen atoms in total. The monoisotopic (exact) mass is 440 g/mol. The Balaban J connectivity index is 1.83. The number of aromatic nitrogens is 2. The topological polar surface area (TPSA) is 54.2 Å². The second kappa shape index (κ2) is 8.38. The minimum Gasteiger partial charge on any atom is -0.351 e. The third kappa shape index (κ3) is 3.86. The minimum absolute atomic E-state index is 0.320. The van der Waals surface area contributed by atoms with Crippen LogP contribution in [0.4, 0.5) is 4.39 Å². The first-order valence-corrected chi connectivity index (χ1v) is 10.0. The van der Waals surface area contributed by atoms with E-state index in [0.717, 1.165) is 16.8 Å². The lowest BCUT2D eigenvalue weighted by Crippen LogP contribution is -2.45. The van der Waals surface area contributed by atoms with Gasteiger partial charge in [0.15, 0.2) is 5.11 Å². The van der Waals surface area contributed by atoms with Crippen LogP contribution < -0.4 is 5.32 Å². The van der Waals surface area contributed by atoms with E-state index in [1.165, 1.54) is 12.1 Å². The van der Waals surface area contributed by atoms with Crippen molar-refractivity contribution in [1.82, 2.24) is 20.4 Å². The van der Waals surface area contributed by atoms with Crippen molar-refractivity contribution >= 4 is 34.5 Å². The van der Waals surface area contributed by atoms with Crippen molar-refractivity contribution in [2.75, 3.05) is 6.54 Å². The Morgan fingerprint density at radius 2 is 2.10 bits per heavy atom. The van der Waals surface area contributed by atoms with Gasteiger partial charge >= 0.3 is 0 Å². The van der Waals surface area contributed by atoms with Gasteiger partial charge in [-0.1, -0.05) is 47.1 Å². The van der Waals surface area contributed by atoms with Crippen molar-refractivity contribution in [3.63, 3.8) is 0 Å². The van der Waals surface area contributed by atoms with Crippen LogP contribution in [0.25, 0.3) is 17.0 Å². The SMILES string of the molecule is C=CCN1C(=S)NC(c2cccc(F)c2)C(c2nc(-c3cccc(Cl)c3)no2)=C1C. The van der Waals surface area contributed by atoms with E-state index in [9.17, 15) is 4.39 Å². The van der Waals surface area contributed by atoms with Crippen molar-refractivity contribution < 1.29 is 8.91 Å². The Hall–Kier alpha value is -3.03. The molecule has 2 heterocycles. The van der Waals surface area contributed by atoms with Crippen LogP contribution in [0.15, 0.2) is 71.4 Å². The molecule has 3 aromatic rings. The molecule has 0 radical (unpaired) electrons. The predicted octanol–water partition coefficient (Wildman–Crippen LogP) is 5.38. The number of thiocarbonyl (C=S) groups is 1. The van der Waals surface area contributed by atoms with Crippen molar-refractivity contribution in [3.8, 4) is 11.4 Å². The summed E-state index contributed by atoms with van der Waals surface area (Å²) in [4.78, 5) is 6.48. The second-order valence-electron chi connectivity index (χ2n) is 6.77. The average molecular weight is 441 g/mol. The summed E-state index contributed by atoms with van der Waals surface area (Å²) in [6.07, 6.45) is 1.75. The van der Waals surface area contributed by atoms with Crippen molar-refractivity contribution in [1.29, 1.82) is 0 Å². The molecule has 1 atom stereocenters. The molecule has 1 aromatic heterocycles. The van der Waals surface area contributed by atoms with Gasteiger partial charge in [0.25, 0.3) is 5.89 Å². The lowest BCUT2D eigenvalue weighted by Gasteiger charge is -2.36. The second-order valence-corrected chi connectivity index (χ2v) is 7.59. The highest BCUT2D eigenvalue weighted by Crippen LogP contribution is 2.37. The van der Waals surface area contributed by atoms with Crippen LogP contribution in [0.5, 0.6) is 0 Å². The average Bonchev–Trinajstić information content (AvgIpc) is 3.20. The zero-order valence-electron chi connectivity index (χ0n) is 16.1. The maximum absolute atomic E-state index is 13.9. The van der Waals surface area contributed by atoms with Crippen LogP contribution in [0.2, 0.25) is 5.02 Å². The van der Waals surface area contributed by atoms with Crippen LogP contribution in [-0.2, 0) is 0 Å². The first-order valence-electron chi connectivity index (χ1n) is 9.23. The molecule has 152 valence electrons. The lowest BCUT2D eigenvalue weighted by atomic mass is 9.94. The normalized spacial score (nSPS) is 16.6. The molecule has 0 saturated heterocycles. The zero-order valence-corrected chi connectivity index (χ0v) is 17.7. The summed E-state index contributed by atoms with van der Waals surface area (Å²) < 4.78 is 19.6. The highest BCUT2D eigenvalue weighted by Gasteiger charge is 2.33. The molecule has 30 heavy (non-hydrogen) atoms. The number of rotatable bonds is 5. The summed E-state index contributed by atoms with van der Waals surface area (Å²) in [5.41, 5.74) is 2.98. The molecule has 4 rings (SSSR count). The van der Waals surface area contributed by atoms with Gasteiger partial charge in [-0.15, -0.1) is 6.58 Å². The number of nitrogens with one attached hydrogen (secondary N) is 1. The van der Waals surface area contributed by atoms with E-state index >= 15 is 0 Å². The fraction of sp³-hybridized carbons (Fsp3) is 0.136. The summed E-state index contributed by atoms with van der Waals surface area (Å²) in [7, 11) is 0. The highest BCUT2D eigenvalue weighted by molar-refractivity contribution is 7.80. The van der Waals surface area contributed by atoms with Crippen molar-refractivity contribution in [3.05, 3.63) is 89.2 Å². The van der Waals surface area contributed by atoms with Crippen LogP contribution in [0.3, 0.4) is 0 Å². The number of hydrogen-bond acceptors (Lipinski definition) is 4. The Kier molecular flexibility index (Phi) is 5.65. The molecule has 8 heteroatoms. The van der Waals surface area contributed by atoms with Gasteiger partial charge in [-0.25, -0.2) is 4.39 Å². The minimum atomic E-state index is -0.443. The summed E-state index contributed by atoms with van der Waals surface area (Å²) in [6.45, 7) is 6.22. The van der Waals surface area contributed by atoms with Gasteiger partial charge in [-0.3, -0.25) is 0 Å². The number of halogens is 2. The fourth-order valence-corrected chi connectivity index (χ4v) is 3.94. The molecule has 0 bridgehead atoms. The first-order chi connectivity index (χ1) is 14.5. The van der Waals surface area contributed by atoms with Crippen molar-refractivity contribution in [2.45, 2.75) is 13.0 Å². The lowest BCUT2D eigenvalue weighted by molar-refractivity contribution is 0.399. The van der Waals surface area contributed by atoms with E-state index in [-0.39, 0.29) is 5.82 Å². The van der Waals surface area contributed by atoms with E-state index in [2.05, 4.69) is 22.0 Å². The van der Waals surface area contributed by atoms with Gasteiger partial charge in [0, 0.05) is 22.8 Å². The van der Waals surface area contributed by atoms with Crippen LogP contribution in [-0.4, -0.2) is 26.7 Å². The number of allylic oxidation sites excluding steroid dienone is 1. The standard InChI is InChI=1S/C22H18ClFN4OS/c1-3-10-28-13(2)18(19(25-22(28)30)14-6-5-9-17(24)12-14)21-26-20(27-29-21)15-7-4-8-16(23)11-15/h3-9,11-12,19H,1,10H2,2H3,(H,25,30). The smallest absolute Gasteiger partial charge is 0.258 e. The molecule has 0 saturated carbocycles. The van der Waals surface area contributed by atoms with Crippen LogP contribution in [0, 0.1) is 5.82 Å². The molecule has 1 aliphatic heterocycles. The maximum atomic E-state index is 13.9. The van der Waals surface area contributed by atoms with Gasteiger partial charge in [0.2, 0.25) is 5.82 Å². The number of hydrogen-bond donors (Lipinski definition) is 1.